The van der Waals surface area contributed by atoms with Crippen molar-refractivity contribution in [2.45, 2.75) is 65.3 Å². The maximum Gasteiger partial charge on any atom is 0.252 e. The molecule has 0 saturated heterocycles. The Balaban J connectivity index is 1.95. The fourth-order valence-electron chi connectivity index (χ4n) is 3.20. The molecule has 3 rings (SSSR count). The lowest BCUT2D eigenvalue weighted by atomic mass is 10.1. The first-order chi connectivity index (χ1) is 12.3. The summed E-state index contributed by atoms with van der Waals surface area (Å²) in [6, 6.07) is 1.98. The monoisotopic (exact) mass is 357 g/mol. The molecule has 0 radical (unpaired) electrons. The lowest BCUT2D eigenvalue weighted by Gasteiger charge is -2.20. The van der Waals surface area contributed by atoms with E-state index in [2.05, 4.69) is 38.3 Å². The van der Waals surface area contributed by atoms with Crippen molar-refractivity contribution in [2.24, 2.45) is 0 Å². The van der Waals surface area contributed by atoms with Gasteiger partial charge >= 0.3 is 0 Å². The molecule has 1 fully saturated rings. The van der Waals surface area contributed by atoms with Gasteiger partial charge in [0.05, 0.1) is 22.2 Å². The highest BCUT2D eigenvalue weighted by molar-refractivity contribution is 6.06. The quantitative estimate of drug-likeness (QED) is 0.747. The summed E-state index contributed by atoms with van der Waals surface area (Å²) < 4.78 is 1.96. The summed E-state index contributed by atoms with van der Waals surface area (Å²) in [5, 5.41) is 11.9. The van der Waals surface area contributed by atoms with Gasteiger partial charge in [0.25, 0.3) is 5.91 Å². The molecule has 0 aliphatic heterocycles. The Kier molecular flexibility index (Phi) is 5.32. The zero-order chi connectivity index (χ0) is 18.9. The summed E-state index contributed by atoms with van der Waals surface area (Å²) in [5.74, 6) is 0.454. The van der Waals surface area contributed by atoms with Crippen molar-refractivity contribution in [1.29, 1.82) is 0 Å². The van der Waals surface area contributed by atoms with Crippen LogP contribution in [0.3, 0.4) is 0 Å². The number of amides is 1. The van der Waals surface area contributed by atoms with Crippen molar-refractivity contribution in [3.8, 4) is 0 Å². The van der Waals surface area contributed by atoms with Crippen LogP contribution in [-0.2, 0) is 5.54 Å². The number of hydrogen-bond acceptors (Lipinski definition) is 4. The number of aryl methyl sites for hydroxylation is 1. The van der Waals surface area contributed by atoms with E-state index in [9.17, 15) is 4.79 Å². The number of pyridine rings is 1. The minimum atomic E-state index is -0.181. The minimum Gasteiger partial charge on any atom is -0.351 e. The molecule has 26 heavy (non-hydrogen) atoms. The zero-order valence-corrected chi connectivity index (χ0v) is 16.6. The van der Waals surface area contributed by atoms with Crippen LogP contribution in [-0.4, -0.2) is 40.3 Å². The van der Waals surface area contributed by atoms with Gasteiger partial charge in [-0.1, -0.05) is 6.92 Å². The summed E-state index contributed by atoms with van der Waals surface area (Å²) >= 11 is 0. The highest BCUT2D eigenvalue weighted by atomic mass is 16.1. The van der Waals surface area contributed by atoms with Crippen LogP contribution in [0.5, 0.6) is 0 Å². The number of carbonyl (C=O) groups is 1. The first-order valence-corrected chi connectivity index (χ1v) is 9.72. The van der Waals surface area contributed by atoms with Crippen molar-refractivity contribution in [3.05, 3.63) is 23.0 Å². The molecule has 1 saturated carbocycles. The first kappa shape index (κ1) is 18.8. The van der Waals surface area contributed by atoms with E-state index >= 15 is 0 Å². The number of nitrogens with zero attached hydrogens (tertiary/aromatic N) is 3. The fraction of sp³-hybridized carbons (Fsp3) is 0.650. The molecule has 142 valence electrons. The van der Waals surface area contributed by atoms with Gasteiger partial charge in [0.2, 0.25) is 0 Å². The van der Waals surface area contributed by atoms with Crippen LogP contribution in [0.15, 0.2) is 6.07 Å². The molecule has 2 heterocycles. The molecule has 0 bridgehead atoms. The van der Waals surface area contributed by atoms with Crippen molar-refractivity contribution in [2.75, 3.05) is 19.6 Å². The Bertz CT molecular complexity index is 799. The predicted molar refractivity (Wildman–Crippen MR) is 105 cm³/mol. The maximum absolute atomic E-state index is 12.9. The smallest absolute Gasteiger partial charge is 0.252 e. The normalized spacial score (nSPS) is 14.8. The number of aromatic nitrogens is 3. The van der Waals surface area contributed by atoms with Gasteiger partial charge in [0.15, 0.2) is 5.65 Å². The van der Waals surface area contributed by atoms with Gasteiger partial charge in [-0.15, -0.1) is 0 Å². The van der Waals surface area contributed by atoms with Crippen molar-refractivity contribution in [1.82, 2.24) is 25.4 Å². The third-order valence-corrected chi connectivity index (χ3v) is 4.72. The average Bonchev–Trinajstić information content (AvgIpc) is 3.37. The molecule has 2 aromatic rings. The topological polar surface area (TPSA) is 71.8 Å². The Morgan fingerprint density at radius 1 is 1.27 bits per heavy atom. The fourth-order valence-corrected chi connectivity index (χ4v) is 3.20. The predicted octanol–water partition coefficient (Wildman–Crippen LogP) is 3.10. The van der Waals surface area contributed by atoms with E-state index in [1.54, 1.807) is 0 Å². The number of hydrogen-bond donors (Lipinski definition) is 2. The van der Waals surface area contributed by atoms with Gasteiger partial charge in [-0.2, -0.15) is 5.10 Å². The second kappa shape index (κ2) is 7.35. The molecule has 2 N–H and O–H groups in total. The van der Waals surface area contributed by atoms with Crippen molar-refractivity contribution in [3.63, 3.8) is 0 Å². The van der Waals surface area contributed by atoms with E-state index in [0.29, 0.717) is 18.0 Å². The molecule has 6 nitrogen and oxygen atoms in total. The summed E-state index contributed by atoms with van der Waals surface area (Å²) in [7, 11) is 0. The van der Waals surface area contributed by atoms with Gasteiger partial charge in [-0.25, -0.2) is 9.67 Å². The summed E-state index contributed by atoms with van der Waals surface area (Å²) in [6.07, 6.45) is 3.40. The standard InChI is InChI=1S/C20H31N5O/c1-6-9-21-10-11-22-19(26)15-12-16(14-7-8-14)23-18-17(15)13(2)24-25(18)20(3,4)5/h12,14,21H,6-11H2,1-5H3,(H,22,26). The van der Waals surface area contributed by atoms with Gasteiger partial charge < -0.3 is 10.6 Å². The van der Waals surface area contributed by atoms with E-state index in [0.717, 1.165) is 54.8 Å². The highest BCUT2D eigenvalue weighted by Crippen LogP contribution is 2.40. The van der Waals surface area contributed by atoms with Crippen LogP contribution in [0.2, 0.25) is 0 Å². The maximum atomic E-state index is 12.9. The lowest BCUT2D eigenvalue weighted by Crippen LogP contribution is -2.32. The largest absolute Gasteiger partial charge is 0.351 e. The zero-order valence-electron chi connectivity index (χ0n) is 16.6. The molecule has 0 atom stereocenters. The average molecular weight is 358 g/mol. The van der Waals surface area contributed by atoms with Gasteiger partial charge in [0.1, 0.15) is 0 Å². The Morgan fingerprint density at radius 3 is 2.62 bits per heavy atom. The Morgan fingerprint density at radius 2 is 2.00 bits per heavy atom. The van der Waals surface area contributed by atoms with Crippen molar-refractivity contribution < 1.29 is 4.79 Å². The molecule has 6 heteroatoms. The second-order valence-electron chi connectivity index (χ2n) is 8.24. The molecule has 0 aromatic carbocycles. The molecular formula is C20H31N5O. The van der Waals surface area contributed by atoms with Gasteiger partial charge in [-0.05, 0) is 59.6 Å². The van der Waals surface area contributed by atoms with Crippen LogP contribution >= 0.6 is 0 Å². The van der Waals surface area contributed by atoms with Crippen LogP contribution in [0.25, 0.3) is 11.0 Å². The minimum absolute atomic E-state index is 0.0332. The first-order valence-electron chi connectivity index (χ1n) is 9.72. The SMILES string of the molecule is CCCNCCNC(=O)c1cc(C2CC2)nc2c1c(C)nn2C(C)(C)C. The second-order valence-corrected chi connectivity index (χ2v) is 8.24. The van der Waals surface area contributed by atoms with Crippen LogP contribution in [0.4, 0.5) is 0 Å². The molecule has 1 aliphatic carbocycles. The van der Waals surface area contributed by atoms with Gasteiger partial charge in [0, 0.05) is 24.7 Å². The van der Waals surface area contributed by atoms with Crippen LogP contribution in [0, 0.1) is 6.92 Å². The van der Waals surface area contributed by atoms with Crippen molar-refractivity contribution >= 4 is 16.9 Å². The van der Waals surface area contributed by atoms with E-state index in [1.165, 1.54) is 0 Å². The van der Waals surface area contributed by atoms with E-state index in [1.807, 2.05) is 17.7 Å². The van der Waals surface area contributed by atoms with Crippen LogP contribution < -0.4 is 10.6 Å². The Labute approximate surface area is 155 Å². The van der Waals surface area contributed by atoms with Gasteiger partial charge in [-0.3, -0.25) is 4.79 Å². The molecule has 2 aromatic heterocycles. The number of nitrogens with one attached hydrogen (secondary N) is 2. The number of fused-ring (bicyclic) bond motifs is 1. The molecule has 1 aliphatic rings. The van der Waals surface area contributed by atoms with Crippen LogP contribution in [0.1, 0.15) is 74.6 Å². The van der Waals surface area contributed by atoms with E-state index in [4.69, 9.17) is 10.1 Å². The molecular weight excluding hydrogens is 326 g/mol. The number of rotatable bonds is 7. The van der Waals surface area contributed by atoms with E-state index < -0.39 is 0 Å². The third kappa shape index (κ3) is 3.90. The highest BCUT2D eigenvalue weighted by Gasteiger charge is 2.30. The van der Waals surface area contributed by atoms with E-state index in [-0.39, 0.29) is 11.4 Å². The molecule has 0 spiro atoms. The summed E-state index contributed by atoms with van der Waals surface area (Å²) in [5.41, 5.74) is 3.24. The molecule has 1 amide bonds. The summed E-state index contributed by atoms with van der Waals surface area (Å²) in [6.45, 7) is 12.8. The number of carbonyl (C=O) groups excluding carboxylic acids is 1. The summed E-state index contributed by atoms with van der Waals surface area (Å²) in [4.78, 5) is 17.8. The molecule has 0 unspecified atom stereocenters. The third-order valence-electron chi connectivity index (χ3n) is 4.72. The lowest BCUT2D eigenvalue weighted by molar-refractivity contribution is 0.0955. The Hall–Kier alpha value is -1.95.